The van der Waals surface area contributed by atoms with Crippen molar-refractivity contribution in [1.82, 2.24) is 5.32 Å². The Bertz CT molecular complexity index is 333. The minimum atomic E-state index is -0.669. The summed E-state index contributed by atoms with van der Waals surface area (Å²) < 4.78 is 4.78. The molecule has 0 saturated heterocycles. The summed E-state index contributed by atoms with van der Waals surface area (Å²) in [7, 11) is 0. The van der Waals surface area contributed by atoms with Crippen LogP contribution < -0.4 is 5.32 Å². The molecule has 1 aromatic rings. The first-order valence-electron chi connectivity index (χ1n) is 4.12. The summed E-state index contributed by atoms with van der Waals surface area (Å²) in [5, 5.41) is 11.6. The summed E-state index contributed by atoms with van der Waals surface area (Å²) in [4.78, 5) is 11.5. The van der Waals surface area contributed by atoms with E-state index in [0.717, 1.165) is 0 Å². The number of amides is 1. The molecule has 1 rings (SSSR count). The highest BCUT2D eigenvalue weighted by Crippen LogP contribution is 2.17. The molecule has 78 valence electrons. The Kier molecular flexibility index (Phi) is 3.18. The lowest BCUT2D eigenvalue weighted by molar-refractivity contribution is 0.0869. The first kappa shape index (κ1) is 11.1. The summed E-state index contributed by atoms with van der Waals surface area (Å²) in [6.45, 7) is 3.27. The second-order valence-corrected chi connectivity index (χ2v) is 3.95. The summed E-state index contributed by atoms with van der Waals surface area (Å²) in [5.74, 6) is -0.359. The van der Waals surface area contributed by atoms with Crippen LogP contribution in [0.25, 0.3) is 0 Å². The van der Waals surface area contributed by atoms with Gasteiger partial charge in [-0.2, -0.15) is 0 Å². The third-order valence-corrected chi connectivity index (χ3v) is 2.00. The molecular formula is C9H12ClNO3. The van der Waals surface area contributed by atoms with E-state index in [1.54, 1.807) is 13.8 Å². The molecule has 0 aliphatic rings. The molecule has 14 heavy (non-hydrogen) atoms. The van der Waals surface area contributed by atoms with Crippen LogP contribution in [-0.4, -0.2) is 23.2 Å². The van der Waals surface area contributed by atoms with Gasteiger partial charge >= 0.3 is 0 Å². The van der Waals surface area contributed by atoms with E-state index in [4.69, 9.17) is 21.1 Å². The number of halogens is 1. The Morgan fingerprint density at radius 2 is 2.36 bits per heavy atom. The third kappa shape index (κ3) is 2.49. The highest BCUT2D eigenvalue weighted by atomic mass is 35.5. The fraction of sp³-hybridized carbons (Fsp3) is 0.444. The van der Waals surface area contributed by atoms with Gasteiger partial charge in [0, 0.05) is 0 Å². The van der Waals surface area contributed by atoms with E-state index < -0.39 is 5.54 Å². The predicted molar refractivity (Wildman–Crippen MR) is 52.3 cm³/mol. The maximum atomic E-state index is 11.5. The smallest absolute Gasteiger partial charge is 0.256 e. The van der Waals surface area contributed by atoms with Gasteiger partial charge in [-0.3, -0.25) is 4.79 Å². The highest BCUT2D eigenvalue weighted by molar-refractivity contribution is 6.32. The number of carbonyl (C=O) groups is 1. The fourth-order valence-corrected chi connectivity index (χ4v) is 1.07. The predicted octanol–water partition coefficient (Wildman–Crippen LogP) is 1.43. The number of aliphatic hydroxyl groups excluding tert-OH is 1. The summed E-state index contributed by atoms with van der Waals surface area (Å²) in [6.07, 6.45) is 1.34. The number of rotatable bonds is 3. The normalized spacial score (nSPS) is 11.4. The summed E-state index contributed by atoms with van der Waals surface area (Å²) in [6, 6.07) is 1.48. The van der Waals surface area contributed by atoms with E-state index in [1.807, 2.05) is 0 Å². The van der Waals surface area contributed by atoms with Crippen LogP contribution >= 0.6 is 11.6 Å². The topological polar surface area (TPSA) is 62.5 Å². The fourth-order valence-electron chi connectivity index (χ4n) is 0.870. The molecule has 5 heteroatoms. The molecule has 0 bridgehead atoms. The third-order valence-electron chi connectivity index (χ3n) is 1.71. The van der Waals surface area contributed by atoms with Gasteiger partial charge in [0.2, 0.25) is 5.22 Å². The molecule has 0 spiro atoms. The Morgan fingerprint density at radius 3 is 2.79 bits per heavy atom. The highest BCUT2D eigenvalue weighted by Gasteiger charge is 2.22. The first-order chi connectivity index (χ1) is 6.46. The van der Waals surface area contributed by atoms with Gasteiger partial charge in [-0.1, -0.05) is 0 Å². The minimum Gasteiger partial charge on any atom is -0.452 e. The molecule has 0 unspecified atom stereocenters. The van der Waals surface area contributed by atoms with Crippen LogP contribution in [0.15, 0.2) is 16.7 Å². The largest absolute Gasteiger partial charge is 0.452 e. The standard InChI is InChI=1S/C9H12ClNO3/c1-9(2,5-12)11-8(13)6-3-4-14-7(6)10/h3-4,12H,5H2,1-2H3,(H,11,13). The Hall–Kier alpha value is -1.00. The van der Waals surface area contributed by atoms with Gasteiger partial charge in [-0.05, 0) is 31.5 Å². The minimum absolute atomic E-state index is 0.0521. The first-order valence-corrected chi connectivity index (χ1v) is 4.50. The van der Waals surface area contributed by atoms with Crippen LogP contribution in [-0.2, 0) is 0 Å². The van der Waals surface area contributed by atoms with Crippen LogP contribution in [0.5, 0.6) is 0 Å². The quantitative estimate of drug-likeness (QED) is 0.805. The van der Waals surface area contributed by atoms with Crippen LogP contribution in [0, 0.1) is 0 Å². The van der Waals surface area contributed by atoms with E-state index >= 15 is 0 Å². The number of aliphatic hydroxyl groups is 1. The molecule has 4 nitrogen and oxygen atoms in total. The zero-order valence-corrected chi connectivity index (χ0v) is 8.76. The van der Waals surface area contributed by atoms with Gasteiger partial charge in [0.15, 0.2) is 0 Å². The van der Waals surface area contributed by atoms with Crippen molar-refractivity contribution >= 4 is 17.5 Å². The van der Waals surface area contributed by atoms with E-state index in [-0.39, 0.29) is 23.3 Å². The van der Waals surface area contributed by atoms with Crippen LogP contribution in [0.1, 0.15) is 24.2 Å². The van der Waals surface area contributed by atoms with Crippen molar-refractivity contribution in [2.45, 2.75) is 19.4 Å². The Balaban J connectivity index is 2.73. The molecule has 0 aliphatic heterocycles. The average Bonchev–Trinajstić information content (AvgIpc) is 2.51. The van der Waals surface area contributed by atoms with Crippen molar-refractivity contribution < 1.29 is 14.3 Å². The van der Waals surface area contributed by atoms with E-state index in [1.165, 1.54) is 12.3 Å². The van der Waals surface area contributed by atoms with Crippen molar-refractivity contribution in [3.63, 3.8) is 0 Å². The van der Waals surface area contributed by atoms with Gasteiger partial charge in [-0.15, -0.1) is 0 Å². The molecule has 0 atom stereocenters. The number of hydrogen-bond donors (Lipinski definition) is 2. The van der Waals surface area contributed by atoms with Gasteiger partial charge < -0.3 is 14.8 Å². The van der Waals surface area contributed by atoms with Crippen LogP contribution in [0.2, 0.25) is 5.22 Å². The number of carbonyl (C=O) groups excluding carboxylic acids is 1. The monoisotopic (exact) mass is 217 g/mol. The molecule has 0 fully saturated rings. The average molecular weight is 218 g/mol. The molecule has 0 aromatic carbocycles. The second kappa shape index (κ2) is 4.02. The molecule has 0 aliphatic carbocycles. The lowest BCUT2D eigenvalue weighted by Crippen LogP contribution is -2.46. The van der Waals surface area contributed by atoms with E-state index in [0.29, 0.717) is 0 Å². The molecule has 1 amide bonds. The molecule has 0 saturated carbocycles. The van der Waals surface area contributed by atoms with Crippen LogP contribution in [0.3, 0.4) is 0 Å². The zero-order chi connectivity index (χ0) is 10.8. The molecule has 1 heterocycles. The van der Waals surface area contributed by atoms with Crippen molar-refractivity contribution in [2.75, 3.05) is 6.61 Å². The maximum absolute atomic E-state index is 11.5. The molecule has 2 N–H and O–H groups in total. The van der Waals surface area contributed by atoms with Crippen molar-refractivity contribution in [1.29, 1.82) is 0 Å². The number of hydrogen-bond acceptors (Lipinski definition) is 3. The lowest BCUT2D eigenvalue weighted by Gasteiger charge is -2.22. The van der Waals surface area contributed by atoms with Crippen LogP contribution in [0.4, 0.5) is 0 Å². The number of furan rings is 1. The van der Waals surface area contributed by atoms with E-state index in [9.17, 15) is 4.79 Å². The lowest BCUT2D eigenvalue weighted by atomic mass is 10.1. The van der Waals surface area contributed by atoms with Crippen molar-refractivity contribution in [3.05, 3.63) is 23.1 Å². The summed E-state index contributed by atoms with van der Waals surface area (Å²) in [5.41, 5.74) is -0.397. The Morgan fingerprint density at radius 1 is 1.71 bits per heavy atom. The van der Waals surface area contributed by atoms with Gasteiger partial charge in [0.25, 0.3) is 5.91 Å². The molecular weight excluding hydrogens is 206 g/mol. The van der Waals surface area contributed by atoms with Gasteiger partial charge in [-0.25, -0.2) is 0 Å². The molecule has 1 aromatic heterocycles. The van der Waals surface area contributed by atoms with Crippen molar-refractivity contribution in [3.8, 4) is 0 Å². The van der Waals surface area contributed by atoms with E-state index in [2.05, 4.69) is 5.32 Å². The van der Waals surface area contributed by atoms with Gasteiger partial charge in [0.1, 0.15) is 0 Å². The second-order valence-electron chi connectivity index (χ2n) is 3.60. The molecule has 0 radical (unpaired) electrons. The summed E-state index contributed by atoms with van der Waals surface area (Å²) >= 11 is 5.62. The number of nitrogens with one attached hydrogen (secondary N) is 1. The maximum Gasteiger partial charge on any atom is 0.256 e. The zero-order valence-electron chi connectivity index (χ0n) is 8.00. The Labute approximate surface area is 86.9 Å². The SMILES string of the molecule is CC(C)(CO)NC(=O)c1ccoc1Cl. The van der Waals surface area contributed by atoms with Gasteiger partial charge in [0.05, 0.1) is 24.0 Å². The van der Waals surface area contributed by atoms with Crippen molar-refractivity contribution in [2.24, 2.45) is 0 Å².